The largest absolute Gasteiger partial charge is 0.322 e. The van der Waals surface area contributed by atoms with Gasteiger partial charge in [0.15, 0.2) is 5.16 Å². The van der Waals surface area contributed by atoms with Crippen LogP contribution in [0, 0.1) is 0 Å². The first-order chi connectivity index (χ1) is 13.1. The SMILES string of the molecule is CC(Sc1nncn1C)c1cccc(NC(=O)N2CCn3nccc3C2)c1. The number of carbonyl (C=O) groups excluding carboxylic acids is 1. The van der Waals surface area contributed by atoms with Crippen molar-refractivity contribution in [3.63, 3.8) is 0 Å². The van der Waals surface area contributed by atoms with Gasteiger partial charge in [-0.05, 0) is 30.7 Å². The molecule has 1 N–H and O–H groups in total. The van der Waals surface area contributed by atoms with E-state index in [0.29, 0.717) is 13.1 Å². The fourth-order valence-electron chi connectivity index (χ4n) is 3.04. The van der Waals surface area contributed by atoms with Crippen LogP contribution in [0.3, 0.4) is 0 Å². The highest BCUT2D eigenvalue weighted by atomic mass is 32.2. The van der Waals surface area contributed by atoms with E-state index in [2.05, 4.69) is 33.6 Å². The van der Waals surface area contributed by atoms with Gasteiger partial charge in [-0.2, -0.15) is 5.10 Å². The summed E-state index contributed by atoms with van der Waals surface area (Å²) < 4.78 is 3.84. The second-order valence-corrected chi connectivity index (χ2v) is 7.82. The minimum atomic E-state index is -0.0896. The first-order valence-corrected chi connectivity index (χ1v) is 9.65. The van der Waals surface area contributed by atoms with Gasteiger partial charge in [0.05, 0.1) is 18.8 Å². The molecule has 0 radical (unpaired) electrons. The molecule has 3 heterocycles. The van der Waals surface area contributed by atoms with Gasteiger partial charge in [0.25, 0.3) is 0 Å². The van der Waals surface area contributed by atoms with Gasteiger partial charge in [0.2, 0.25) is 0 Å². The van der Waals surface area contributed by atoms with Crippen molar-refractivity contribution >= 4 is 23.5 Å². The summed E-state index contributed by atoms with van der Waals surface area (Å²) >= 11 is 1.64. The Bertz CT molecular complexity index is 951. The van der Waals surface area contributed by atoms with Crippen molar-refractivity contribution in [1.29, 1.82) is 0 Å². The van der Waals surface area contributed by atoms with E-state index < -0.39 is 0 Å². The van der Waals surface area contributed by atoms with Gasteiger partial charge in [0, 0.05) is 30.7 Å². The Labute approximate surface area is 161 Å². The Morgan fingerprint density at radius 2 is 2.19 bits per heavy atom. The van der Waals surface area contributed by atoms with E-state index in [4.69, 9.17) is 0 Å². The monoisotopic (exact) mass is 383 g/mol. The number of carbonyl (C=O) groups is 1. The van der Waals surface area contributed by atoms with Crippen LogP contribution in [-0.2, 0) is 20.1 Å². The highest BCUT2D eigenvalue weighted by Gasteiger charge is 2.21. The third kappa shape index (κ3) is 3.82. The highest BCUT2D eigenvalue weighted by Crippen LogP contribution is 2.34. The van der Waals surface area contributed by atoms with Crippen LogP contribution in [0.2, 0.25) is 0 Å². The van der Waals surface area contributed by atoms with Crippen molar-refractivity contribution in [3.8, 4) is 0 Å². The molecule has 0 saturated carbocycles. The van der Waals surface area contributed by atoms with Crippen LogP contribution in [0.25, 0.3) is 0 Å². The van der Waals surface area contributed by atoms with Crippen LogP contribution < -0.4 is 5.32 Å². The number of benzene rings is 1. The molecule has 0 fully saturated rings. The van der Waals surface area contributed by atoms with E-state index in [1.165, 1.54) is 0 Å². The summed E-state index contributed by atoms with van der Waals surface area (Å²) in [7, 11) is 1.93. The molecule has 2 aromatic heterocycles. The van der Waals surface area contributed by atoms with Gasteiger partial charge in [0.1, 0.15) is 6.33 Å². The standard InChI is InChI=1S/C18H21N7OS/c1-13(27-18-22-19-12-23(18)2)14-4-3-5-15(10-14)21-17(26)24-8-9-25-16(11-24)6-7-20-25/h3-7,10,12-13H,8-9,11H2,1-2H3,(H,21,26). The maximum Gasteiger partial charge on any atom is 0.322 e. The molecule has 8 nitrogen and oxygen atoms in total. The number of aromatic nitrogens is 5. The topological polar surface area (TPSA) is 80.9 Å². The van der Waals surface area contributed by atoms with Gasteiger partial charge in [-0.15, -0.1) is 10.2 Å². The summed E-state index contributed by atoms with van der Waals surface area (Å²) in [6.45, 7) is 4.07. The van der Waals surface area contributed by atoms with Crippen molar-refractivity contribution in [2.45, 2.75) is 30.4 Å². The van der Waals surface area contributed by atoms with Crippen LogP contribution >= 0.6 is 11.8 Å². The molecule has 1 atom stereocenters. The van der Waals surface area contributed by atoms with E-state index >= 15 is 0 Å². The first kappa shape index (κ1) is 17.6. The molecule has 2 amide bonds. The number of amides is 2. The summed E-state index contributed by atoms with van der Waals surface area (Å²) in [5, 5.41) is 16.3. The van der Waals surface area contributed by atoms with E-state index in [-0.39, 0.29) is 11.3 Å². The summed E-state index contributed by atoms with van der Waals surface area (Å²) in [6, 6.07) is 9.81. The number of fused-ring (bicyclic) bond motifs is 1. The molecule has 1 aliphatic rings. The van der Waals surface area contributed by atoms with Gasteiger partial charge in [-0.1, -0.05) is 23.9 Å². The predicted octanol–water partition coefficient (Wildman–Crippen LogP) is 2.91. The number of nitrogens with zero attached hydrogens (tertiary/aromatic N) is 6. The zero-order chi connectivity index (χ0) is 18.8. The fourth-order valence-corrected chi connectivity index (χ4v) is 3.94. The van der Waals surface area contributed by atoms with Crippen molar-refractivity contribution < 1.29 is 4.79 Å². The Balaban J connectivity index is 1.42. The molecule has 140 valence electrons. The summed E-state index contributed by atoms with van der Waals surface area (Å²) in [4.78, 5) is 14.4. The Morgan fingerprint density at radius 3 is 3.00 bits per heavy atom. The minimum Gasteiger partial charge on any atom is -0.317 e. The lowest BCUT2D eigenvalue weighted by Crippen LogP contribution is -2.40. The molecule has 0 spiro atoms. The van der Waals surface area contributed by atoms with E-state index in [1.54, 1.807) is 29.2 Å². The lowest BCUT2D eigenvalue weighted by Gasteiger charge is -2.28. The highest BCUT2D eigenvalue weighted by molar-refractivity contribution is 7.99. The van der Waals surface area contributed by atoms with Crippen LogP contribution in [0.1, 0.15) is 23.4 Å². The van der Waals surface area contributed by atoms with E-state index in [9.17, 15) is 4.79 Å². The number of thioether (sulfide) groups is 1. The maximum atomic E-state index is 12.6. The van der Waals surface area contributed by atoms with E-state index in [1.807, 2.05) is 40.6 Å². The summed E-state index contributed by atoms with van der Waals surface area (Å²) in [5.41, 5.74) is 2.97. The zero-order valence-electron chi connectivity index (χ0n) is 15.2. The van der Waals surface area contributed by atoms with Crippen LogP contribution in [-0.4, -0.2) is 42.0 Å². The molecule has 3 aromatic rings. The van der Waals surface area contributed by atoms with Gasteiger partial charge in [-0.25, -0.2) is 4.79 Å². The molecular formula is C18H21N7OS. The molecule has 0 aliphatic carbocycles. The maximum absolute atomic E-state index is 12.6. The molecule has 27 heavy (non-hydrogen) atoms. The number of rotatable bonds is 4. The third-order valence-electron chi connectivity index (χ3n) is 4.59. The first-order valence-electron chi connectivity index (χ1n) is 8.77. The number of nitrogens with one attached hydrogen (secondary N) is 1. The molecular weight excluding hydrogens is 362 g/mol. The Morgan fingerprint density at radius 1 is 1.30 bits per heavy atom. The van der Waals surface area contributed by atoms with Gasteiger partial charge >= 0.3 is 6.03 Å². The van der Waals surface area contributed by atoms with Crippen molar-refractivity contribution in [2.24, 2.45) is 7.05 Å². The van der Waals surface area contributed by atoms with E-state index in [0.717, 1.165) is 28.6 Å². The Hall–Kier alpha value is -2.81. The average molecular weight is 383 g/mol. The van der Waals surface area contributed by atoms with Gasteiger partial charge < -0.3 is 14.8 Å². The molecule has 4 rings (SSSR count). The number of hydrogen-bond donors (Lipinski definition) is 1. The summed E-state index contributed by atoms with van der Waals surface area (Å²) in [5.74, 6) is 0. The quantitative estimate of drug-likeness (QED) is 0.701. The van der Waals surface area contributed by atoms with Crippen LogP contribution in [0.4, 0.5) is 10.5 Å². The molecule has 9 heteroatoms. The minimum absolute atomic E-state index is 0.0896. The van der Waals surface area contributed by atoms with Crippen molar-refractivity contribution in [1.82, 2.24) is 29.4 Å². The van der Waals surface area contributed by atoms with Crippen LogP contribution in [0.15, 0.2) is 48.0 Å². The molecule has 0 bridgehead atoms. The van der Waals surface area contributed by atoms with Gasteiger partial charge in [-0.3, -0.25) is 4.68 Å². The van der Waals surface area contributed by atoms with Crippen LogP contribution in [0.5, 0.6) is 0 Å². The molecule has 1 aliphatic heterocycles. The molecule has 0 saturated heterocycles. The second-order valence-electron chi connectivity index (χ2n) is 6.51. The lowest BCUT2D eigenvalue weighted by atomic mass is 10.1. The lowest BCUT2D eigenvalue weighted by molar-refractivity contribution is 0.194. The number of aryl methyl sites for hydroxylation is 1. The second kappa shape index (κ2) is 7.43. The molecule has 1 unspecified atom stereocenters. The Kier molecular flexibility index (Phi) is 4.85. The zero-order valence-corrected chi connectivity index (χ0v) is 16.1. The number of hydrogen-bond acceptors (Lipinski definition) is 5. The number of anilines is 1. The molecule has 1 aromatic carbocycles. The fraction of sp³-hybridized carbons (Fsp3) is 0.333. The van der Waals surface area contributed by atoms with Crippen molar-refractivity contribution in [2.75, 3.05) is 11.9 Å². The summed E-state index contributed by atoms with van der Waals surface area (Å²) in [6.07, 6.45) is 3.46. The third-order valence-corrected chi connectivity index (χ3v) is 5.79. The predicted molar refractivity (Wildman–Crippen MR) is 103 cm³/mol. The smallest absolute Gasteiger partial charge is 0.317 e. The average Bonchev–Trinajstić information content (AvgIpc) is 3.30. The normalized spacial score (nSPS) is 14.7. The number of urea groups is 1. The van der Waals surface area contributed by atoms with Crippen molar-refractivity contribution in [3.05, 3.63) is 54.1 Å².